The summed E-state index contributed by atoms with van der Waals surface area (Å²) >= 11 is 0. The Hall–Kier alpha value is -4.69. The number of ether oxygens (including phenoxy) is 3. The van der Waals surface area contributed by atoms with Gasteiger partial charge < -0.3 is 30.6 Å². The van der Waals surface area contributed by atoms with Gasteiger partial charge >= 0.3 is 6.09 Å². The molecular formula is C31H43N7O11S. The van der Waals surface area contributed by atoms with E-state index in [4.69, 9.17) is 24.8 Å². The fourth-order valence-corrected chi connectivity index (χ4v) is 5.31. The van der Waals surface area contributed by atoms with E-state index in [0.717, 1.165) is 21.4 Å². The average Bonchev–Trinajstić information content (AvgIpc) is 3.27. The number of aliphatic imine (C=N–C) groups is 1. The Morgan fingerprint density at radius 3 is 2.30 bits per heavy atom. The van der Waals surface area contributed by atoms with E-state index >= 15 is 0 Å². The summed E-state index contributed by atoms with van der Waals surface area (Å²) in [6.07, 6.45) is 3.73. The summed E-state index contributed by atoms with van der Waals surface area (Å²) in [6, 6.07) is 4.42. The highest BCUT2D eigenvalue weighted by molar-refractivity contribution is 7.89. The molecule has 0 atom stereocenters. The first-order chi connectivity index (χ1) is 23.8. The number of hydrogen-bond acceptors (Lipinski definition) is 13. The van der Waals surface area contributed by atoms with Gasteiger partial charge in [-0.05, 0) is 24.6 Å². The minimum absolute atomic E-state index is 0.0207. The van der Waals surface area contributed by atoms with E-state index in [9.17, 15) is 32.4 Å². The molecule has 274 valence electrons. The number of sulfonamides is 1. The molecule has 3 rings (SSSR count). The van der Waals surface area contributed by atoms with Crippen molar-refractivity contribution >= 4 is 57.3 Å². The van der Waals surface area contributed by atoms with E-state index in [-0.39, 0.29) is 83.0 Å². The van der Waals surface area contributed by atoms with Crippen molar-refractivity contribution in [1.82, 2.24) is 24.9 Å². The number of amides is 5. The van der Waals surface area contributed by atoms with E-state index in [1.165, 1.54) is 31.3 Å². The van der Waals surface area contributed by atoms with Gasteiger partial charge in [0.1, 0.15) is 19.0 Å². The summed E-state index contributed by atoms with van der Waals surface area (Å²) in [5, 5.41) is 6.25. The van der Waals surface area contributed by atoms with Crippen LogP contribution in [0.25, 0.3) is 6.08 Å². The van der Waals surface area contributed by atoms with E-state index in [1.807, 2.05) is 6.92 Å². The molecule has 0 aromatic heterocycles. The summed E-state index contributed by atoms with van der Waals surface area (Å²) in [4.78, 5) is 71.0. The predicted molar refractivity (Wildman–Crippen MR) is 179 cm³/mol. The Bertz CT molecular complexity index is 1590. The lowest BCUT2D eigenvalue weighted by molar-refractivity contribution is -0.181. The SMILES string of the molecule is CCCN(OCCNC(=O)OCCOCCOCCNC(=O)CN1C(=O)C=CC1=O)C(=O)C1=Cc2ccc(S(=O)(=O)N(C)C)cc2N=C(N)C1. The standard InChI is InChI=1S/C31H43N7O11S/c1-4-11-38(30(42)23-18-22-5-6-24(50(44,45)36(2)3)20-25(22)35-26(32)19-23)49-13-10-34-31(43)48-17-16-47-15-14-46-12-9-33-27(39)21-37-28(40)7-8-29(37)41/h5-8,18,20H,4,9-17,19,21H2,1-3H3,(H2,32,35)(H,33,39)(H,34,43). The lowest BCUT2D eigenvalue weighted by atomic mass is 10.1. The molecule has 0 spiro atoms. The summed E-state index contributed by atoms with van der Waals surface area (Å²) < 4.78 is 41.9. The van der Waals surface area contributed by atoms with Gasteiger partial charge in [0.05, 0.1) is 43.6 Å². The Kier molecular flexibility index (Phi) is 15.5. The summed E-state index contributed by atoms with van der Waals surface area (Å²) in [5.41, 5.74) is 7.23. The number of nitrogens with zero attached hydrogens (tertiary/aromatic N) is 4. The van der Waals surface area contributed by atoms with Crippen LogP contribution in [0.15, 0.2) is 45.8 Å². The second-order valence-electron chi connectivity index (χ2n) is 10.9. The summed E-state index contributed by atoms with van der Waals surface area (Å²) in [5.74, 6) is -1.86. The van der Waals surface area contributed by atoms with Crippen LogP contribution in [0.5, 0.6) is 0 Å². The van der Waals surface area contributed by atoms with Crippen molar-refractivity contribution in [2.24, 2.45) is 10.7 Å². The van der Waals surface area contributed by atoms with Crippen molar-refractivity contribution in [1.29, 1.82) is 0 Å². The Labute approximate surface area is 290 Å². The average molecular weight is 722 g/mol. The van der Waals surface area contributed by atoms with Gasteiger partial charge in [-0.25, -0.2) is 27.6 Å². The smallest absolute Gasteiger partial charge is 0.407 e. The van der Waals surface area contributed by atoms with Crippen molar-refractivity contribution in [3.8, 4) is 0 Å². The van der Waals surface area contributed by atoms with Crippen LogP contribution >= 0.6 is 0 Å². The van der Waals surface area contributed by atoms with E-state index in [0.29, 0.717) is 23.2 Å². The molecule has 18 nitrogen and oxygen atoms in total. The molecule has 2 aliphatic rings. The third-order valence-electron chi connectivity index (χ3n) is 6.90. The van der Waals surface area contributed by atoms with Crippen molar-refractivity contribution < 1.29 is 51.4 Å². The van der Waals surface area contributed by atoms with Gasteiger partial charge in [0.25, 0.3) is 17.7 Å². The highest BCUT2D eigenvalue weighted by Crippen LogP contribution is 2.30. The number of benzene rings is 1. The predicted octanol–water partition coefficient (Wildman–Crippen LogP) is -0.316. The number of carbonyl (C=O) groups excluding carboxylic acids is 5. The van der Waals surface area contributed by atoms with Gasteiger partial charge in [-0.1, -0.05) is 13.0 Å². The highest BCUT2D eigenvalue weighted by Gasteiger charge is 2.26. The first kappa shape index (κ1) is 39.7. The number of nitrogens with two attached hydrogens (primary N) is 1. The lowest BCUT2D eigenvalue weighted by Gasteiger charge is -2.22. The van der Waals surface area contributed by atoms with Gasteiger partial charge in [-0.2, -0.15) is 0 Å². The van der Waals surface area contributed by atoms with Crippen LogP contribution < -0.4 is 16.4 Å². The minimum Gasteiger partial charge on any atom is -0.447 e. The molecule has 1 aromatic rings. The molecule has 0 radical (unpaired) electrons. The molecule has 0 aliphatic carbocycles. The topological polar surface area (TPSA) is 229 Å². The van der Waals surface area contributed by atoms with Crippen molar-refractivity contribution in [3.63, 3.8) is 0 Å². The maximum Gasteiger partial charge on any atom is 0.407 e. The number of imide groups is 1. The second kappa shape index (κ2) is 19.5. The zero-order valence-electron chi connectivity index (χ0n) is 28.2. The van der Waals surface area contributed by atoms with Crippen molar-refractivity contribution in [2.75, 3.05) is 79.9 Å². The van der Waals surface area contributed by atoms with Crippen LogP contribution in [0, 0.1) is 0 Å². The van der Waals surface area contributed by atoms with Crippen molar-refractivity contribution in [2.45, 2.75) is 24.7 Å². The molecule has 4 N–H and O–H groups in total. The summed E-state index contributed by atoms with van der Waals surface area (Å²) in [7, 11) is -0.842. The van der Waals surface area contributed by atoms with Crippen LogP contribution in [-0.4, -0.2) is 138 Å². The monoisotopic (exact) mass is 721 g/mol. The van der Waals surface area contributed by atoms with E-state index in [2.05, 4.69) is 15.6 Å². The van der Waals surface area contributed by atoms with Gasteiger partial charge in [0.15, 0.2) is 0 Å². The number of nitrogens with one attached hydrogen (secondary N) is 2. The van der Waals surface area contributed by atoms with Crippen molar-refractivity contribution in [3.05, 3.63) is 41.5 Å². The molecule has 0 fully saturated rings. The minimum atomic E-state index is -3.70. The van der Waals surface area contributed by atoms with Gasteiger partial charge in [0.2, 0.25) is 15.9 Å². The molecule has 0 saturated carbocycles. The molecule has 1 aromatic carbocycles. The number of amidine groups is 1. The quantitative estimate of drug-likeness (QED) is 0.0895. The fourth-order valence-electron chi connectivity index (χ4n) is 4.39. The number of fused-ring (bicyclic) bond motifs is 1. The van der Waals surface area contributed by atoms with Crippen LogP contribution in [0.3, 0.4) is 0 Å². The maximum absolute atomic E-state index is 13.4. The van der Waals surface area contributed by atoms with Crippen LogP contribution in [0.4, 0.5) is 10.5 Å². The molecule has 5 amide bonds. The molecule has 0 saturated heterocycles. The number of hydrogen-bond donors (Lipinski definition) is 3. The normalized spacial score (nSPS) is 14.2. The number of rotatable bonds is 20. The molecule has 2 heterocycles. The second-order valence-corrected chi connectivity index (χ2v) is 13.1. The maximum atomic E-state index is 13.4. The van der Waals surface area contributed by atoms with Gasteiger partial charge in [-0.15, -0.1) is 0 Å². The van der Waals surface area contributed by atoms with Crippen LogP contribution in [0.1, 0.15) is 25.3 Å². The number of alkyl carbamates (subject to hydrolysis) is 1. The van der Waals surface area contributed by atoms with Gasteiger partial charge in [-0.3, -0.25) is 28.9 Å². The Balaban J connectivity index is 1.30. The largest absolute Gasteiger partial charge is 0.447 e. The molecular weight excluding hydrogens is 678 g/mol. The van der Waals surface area contributed by atoms with Crippen LogP contribution in [-0.2, 0) is 48.2 Å². The summed E-state index contributed by atoms with van der Waals surface area (Å²) in [6.45, 7) is 2.72. The third kappa shape index (κ3) is 12.0. The molecule has 0 unspecified atom stereocenters. The number of carbonyl (C=O) groups is 5. The van der Waals surface area contributed by atoms with E-state index < -0.39 is 39.7 Å². The fraction of sp³-hybridized carbons (Fsp3) is 0.484. The highest BCUT2D eigenvalue weighted by atomic mass is 32.2. The van der Waals surface area contributed by atoms with Gasteiger partial charge in [0, 0.05) is 63.4 Å². The van der Waals surface area contributed by atoms with E-state index in [1.54, 1.807) is 12.1 Å². The zero-order chi connectivity index (χ0) is 36.7. The lowest BCUT2D eigenvalue weighted by Crippen LogP contribution is -2.41. The molecule has 2 aliphatic heterocycles. The molecule has 0 bridgehead atoms. The first-order valence-electron chi connectivity index (χ1n) is 15.7. The molecule has 19 heteroatoms. The van der Waals surface area contributed by atoms with Crippen LogP contribution in [0.2, 0.25) is 0 Å². The Morgan fingerprint density at radius 2 is 1.62 bits per heavy atom. The molecule has 50 heavy (non-hydrogen) atoms. The Morgan fingerprint density at radius 1 is 0.960 bits per heavy atom. The third-order valence-corrected chi connectivity index (χ3v) is 8.71. The zero-order valence-corrected chi connectivity index (χ0v) is 29.0. The first-order valence-corrected chi connectivity index (χ1v) is 17.2. The number of hydroxylamine groups is 2.